The molecule has 0 fully saturated rings. The zero-order chi connectivity index (χ0) is 29.0. The molecule has 0 amide bonds. The van der Waals surface area contributed by atoms with Crippen LogP contribution in [0.1, 0.15) is 0 Å². The summed E-state index contributed by atoms with van der Waals surface area (Å²) in [7, 11) is -5.20. The average molecular weight is 601 g/mol. The van der Waals surface area contributed by atoms with Gasteiger partial charge in [0, 0.05) is 0 Å². The first-order chi connectivity index (χ1) is 20.5. The Labute approximate surface area is 253 Å². The number of rotatable bonds is 8. The predicted octanol–water partition coefficient (Wildman–Crippen LogP) is 6.06. The molecule has 6 rings (SSSR count). The molecule has 42 heavy (non-hydrogen) atoms. The van der Waals surface area contributed by atoms with Crippen molar-refractivity contribution in [2.45, 2.75) is 0 Å². The van der Waals surface area contributed by atoms with Crippen molar-refractivity contribution in [1.29, 1.82) is 0 Å². The van der Waals surface area contributed by atoms with E-state index in [1.54, 1.807) is 0 Å². The summed E-state index contributed by atoms with van der Waals surface area (Å²) >= 11 is 0. The second kappa shape index (κ2) is 12.5. The fourth-order valence-electron chi connectivity index (χ4n) is 6.55. The van der Waals surface area contributed by atoms with Gasteiger partial charge in [0.25, 0.3) is 0 Å². The van der Waals surface area contributed by atoms with E-state index in [4.69, 9.17) is 0 Å². The van der Waals surface area contributed by atoms with Crippen LogP contribution in [0.3, 0.4) is 0 Å². The first kappa shape index (κ1) is 28.7. The van der Waals surface area contributed by atoms with Crippen molar-refractivity contribution >= 4 is 64.9 Å². The van der Waals surface area contributed by atoms with Gasteiger partial charge in [0.05, 0.1) is 0 Å². The first-order valence-corrected chi connectivity index (χ1v) is 21.5. The molecule has 6 aromatic carbocycles. The first-order valence-electron chi connectivity index (χ1n) is 14.7. The van der Waals surface area contributed by atoms with Crippen molar-refractivity contribution in [3.8, 4) is 0 Å². The van der Waals surface area contributed by atoms with Crippen LogP contribution in [0.4, 0.5) is 0 Å². The van der Waals surface area contributed by atoms with Crippen molar-refractivity contribution in [1.82, 2.24) is 0 Å². The Morgan fingerprint density at radius 3 is 0.857 bits per heavy atom. The zero-order valence-corrected chi connectivity index (χ0v) is 27.5. The SMILES string of the molecule is CP(c1ccccc1[PH](C)(c1ccccc1)c1ccccc1)c1ccccc1[PH](C)(c1ccccc1)c1ccccc1. The maximum absolute atomic E-state index is 2.54. The van der Waals surface area contributed by atoms with Gasteiger partial charge in [-0.25, -0.2) is 0 Å². The maximum atomic E-state index is 2.54. The number of hydrogen-bond acceptors (Lipinski definition) is 0. The minimum absolute atomic E-state index is 0.633. The van der Waals surface area contributed by atoms with Gasteiger partial charge in [-0.2, -0.15) is 0 Å². The zero-order valence-electron chi connectivity index (χ0n) is 24.6. The summed E-state index contributed by atoms with van der Waals surface area (Å²) in [5.41, 5.74) is 0. The van der Waals surface area contributed by atoms with Crippen molar-refractivity contribution < 1.29 is 0 Å². The van der Waals surface area contributed by atoms with Gasteiger partial charge in [-0.15, -0.1) is 0 Å². The molecule has 0 aliphatic rings. The fourth-order valence-corrected chi connectivity index (χ4v) is 18.0. The Kier molecular flexibility index (Phi) is 8.52. The van der Waals surface area contributed by atoms with Crippen molar-refractivity contribution in [3.05, 3.63) is 170 Å². The van der Waals surface area contributed by atoms with Crippen LogP contribution in [0.15, 0.2) is 170 Å². The predicted molar refractivity (Wildman–Crippen MR) is 197 cm³/mol. The molecule has 0 N–H and O–H groups in total. The van der Waals surface area contributed by atoms with Crippen LogP contribution in [0, 0.1) is 0 Å². The molecule has 210 valence electrons. The van der Waals surface area contributed by atoms with E-state index in [1.165, 1.54) is 42.4 Å². The van der Waals surface area contributed by atoms with E-state index in [0.29, 0.717) is 0 Å². The summed E-state index contributed by atoms with van der Waals surface area (Å²) in [6.45, 7) is 7.57. The third-order valence-electron chi connectivity index (χ3n) is 9.01. The van der Waals surface area contributed by atoms with Crippen LogP contribution >= 0.6 is 22.4 Å². The quantitative estimate of drug-likeness (QED) is 0.187. The molecule has 0 aromatic heterocycles. The van der Waals surface area contributed by atoms with E-state index in [2.05, 4.69) is 190 Å². The Morgan fingerprint density at radius 1 is 0.333 bits per heavy atom. The molecule has 0 nitrogen and oxygen atoms in total. The molecule has 3 heteroatoms. The molecule has 0 saturated heterocycles. The van der Waals surface area contributed by atoms with Gasteiger partial charge < -0.3 is 0 Å². The van der Waals surface area contributed by atoms with Crippen molar-refractivity contribution in [3.63, 3.8) is 0 Å². The summed E-state index contributed by atoms with van der Waals surface area (Å²) in [5.74, 6) is 0. The van der Waals surface area contributed by atoms with E-state index in [1.807, 2.05) is 0 Å². The topological polar surface area (TPSA) is 0 Å². The van der Waals surface area contributed by atoms with E-state index in [9.17, 15) is 0 Å². The van der Waals surface area contributed by atoms with Crippen LogP contribution in [0.2, 0.25) is 0 Å². The molecule has 0 heterocycles. The third kappa shape index (κ3) is 5.19. The molecule has 0 atom stereocenters. The Hall–Kier alpha value is -3.39. The molecular formula is C39H39P3. The standard InChI is InChI=1S/C39H39P3/c1-40(36-28-16-18-30-38(36)41(2,32-20-8-4-9-21-32)33-22-10-5-11-23-33)37-29-17-19-31-39(37)42(3,34-24-12-6-13-25-34)35-26-14-7-15-27-35/h4-31,41-42H,1-3H3. The second-order valence-corrected chi connectivity index (χ2v) is 21.3. The van der Waals surface area contributed by atoms with E-state index >= 15 is 0 Å². The second-order valence-electron chi connectivity index (χ2n) is 11.3. The summed E-state index contributed by atoms with van der Waals surface area (Å²) in [6, 6.07) is 63.6. The van der Waals surface area contributed by atoms with Gasteiger partial charge in [0.1, 0.15) is 0 Å². The normalized spacial score (nSPS) is 13.3. The van der Waals surface area contributed by atoms with Crippen molar-refractivity contribution in [2.24, 2.45) is 0 Å². The summed E-state index contributed by atoms with van der Waals surface area (Å²) < 4.78 is 0. The van der Waals surface area contributed by atoms with E-state index in [0.717, 1.165) is 0 Å². The van der Waals surface area contributed by atoms with Gasteiger partial charge >= 0.3 is 255 Å². The van der Waals surface area contributed by atoms with Crippen LogP contribution in [-0.4, -0.2) is 20.0 Å². The Morgan fingerprint density at radius 2 is 0.571 bits per heavy atom. The molecule has 0 saturated carbocycles. The summed E-state index contributed by atoms with van der Waals surface area (Å²) in [4.78, 5) is 0. The van der Waals surface area contributed by atoms with Crippen LogP contribution in [0.5, 0.6) is 0 Å². The Balaban J connectivity index is 1.57. The molecular weight excluding hydrogens is 561 g/mol. The summed E-state index contributed by atoms with van der Waals surface area (Å²) in [6.07, 6.45) is 0. The van der Waals surface area contributed by atoms with Gasteiger partial charge in [0.15, 0.2) is 0 Å². The van der Waals surface area contributed by atoms with Gasteiger partial charge in [-0.1, -0.05) is 0 Å². The molecule has 0 aliphatic carbocycles. The fraction of sp³-hybridized carbons (Fsp3) is 0.0769. The van der Waals surface area contributed by atoms with Crippen LogP contribution in [0.25, 0.3) is 0 Å². The van der Waals surface area contributed by atoms with Gasteiger partial charge in [-0.05, 0) is 0 Å². The number of hydrogen-bond donors (Lipinski definition) is 0. The van der Waals surface area contributed by atoms with Gasteiger partial charge in [-0.3, -0.25) is 0 Å². The minimum atomic E-state index is -2.28. The molecule has 6 aromatic rings. The van der Waals surface area contributed by atoms with Gasteiger partial charge in [0.2, 0.25) is 0 Å². The molecule has 0 unspecified atom stereocenters. The third-order valence-corrected chi connectivity index (χ3v) is 20.6. The van der Waals surface area contributed by atoms with Crippen molar-refractivity contribution in [2.75, 3.05) is 20.0 Å². The van der Waals surface area contributed by atoms with E-state index < -0.39 is 22.4 Å². The van der Waals surface area contributed by atoms with Crippen LogP contribution in [-0.2, 0) is 0 Å². The summed E-state index contributed by atoms with van der Waals surface area (Å²) in [5, 5.41) is 11.9. The number of benzene rings is 6. The van der Waals surface area contributed by atoms with E-state index in [-0.39, 0.29) is 0 Å². The molecule has 0 aliphatic heterocycles. The molecule has 0 bridgehead atoms. The molecule has 0 spiro atoms. The molecule has 0 radical (unpaired) electrons. The average Bonchev–Trinajstić information content (AvgIpc) is 3.09. The monoisotopic (exact) mass is 600 g/mol. The Bertz CT molecular complexity index is 1540. The van der Waals surface area contributed by atoms with Crippen LogP contribution < -0.4 is 42.4 Å².